The second-order valence-electron chi connectivity index (χ2n) is 3.17. The van der Waals surface area contributed by atoms with Crippen molar-refractivity contribution in [2.24, 2.45) is 0 Å². The Hall–Kier alpha value is -2.35. The van der Waals surface area contributed by atoms with Gasteiger partial charge in [-0.2, -0.15) is 5.10 Å². The summed E-state index contributed by atoms with van der Waals surface area (Å²) >= 11 is 0. The van der Waals surface area contributed by atoms with Crippen molar-refractivity contribution in [3.63, 3.8) is 0 Å². The van der Waals surface area contributed by atoms with Crippen LogP contribution in [0, 0.1) is 0 Å². The van der Waals surface area contributed by atoms with Crippen LogP contribution in [0.1, 0.15) is 10.4 Å². The van der Waals surface area contributed by atoms with Crippen LogP contribution in [0.25, 0.3) is 0 Å². The van der Waals surface area contributed by atoms with E-state index in [0.717, 1.165) is 6.20 Å². The zero-order valence-corrected chi connectivity index (χ0v) is 9.50. The quantitative estimate of drug-likeness (QED) is 0.630. The van der Waals surface area contributed by atoms with Crippen LogP contribution in [0.4, 0.5) is 10.6 Å². The number of carbonyl (C=O) groups excluding carboxylic acids is 1. The Morgan fingerprint density at radius 2 is 2.33 bits per heavy atom. The highest BCUT2D eigenvalue weighted by Gasteiger charge is 2.18. The first kappa shape index (κ1) is 13.7. The molecule has 0 aliphatic heterocycles. The van der Waals surface area contributed by atoms with Gasteiger partial charge in [0.25, 0.3) is 0 Å². The van der Waals surface area contributed by atoms with Gasteiger partial charge in [0.1, 0.15) is 18.0 Å². The van der Waals surface area contributed by atoms with Crippen LogP contribution in [0.2, 0.25) is 0 Å². The number of anilines is 1. The molecule has 0 aliphatic rings. The number of aromatic nitrogens is 2. The molecule has 0 unspecified atom stereocenters. The van der Waals surface area contributed by atoms with Crippen LogP contribution in [-0.2, 0) is 11.3 Å². The molecule has 0 bridgehead atoms. The lowest BCUT2D eigenvalue weighted by atomic mass is 10.3. The van der Waals surface area contributed by atoms with E-state index in [9.17, 15) is 9.59 Å². The minimum Gasteiger partial charge on any atom is -0.477 e. The van der Waals surface area contributed by atoms with Gasteiger partial charge in [0.05, 0.1) is 19.3 Å². The molecule has 8 nitrogen and oxygen atoms in total. The molecule has 1 aromatic rings. The highest BCUT2D eigenvalue weighted by molar-refractivity contribution is 5.97. The van der Waals surface area contributed by atoms with E-state index in [2.05, 4.69) is 21.7 Å². The van der Waals surface area contributed by atoms with E-state index in [0.29, 0.717) is 0 Å². The van der Waals surface area contributed by atoms with Gasteiger partial charge in [-0.3, -0.25) is 5.32 Å². The minimum absolute atomic E-state index is 0.00236. The Balaban J connectivity index is 2.89. The molecule has 1 heterocycles. The Labute approximate surface area is 102 Å². The average Bonchev–Trinajstić information content (AvgIpc) is 2.70. The molecule has 0 aliphatic carbocycles. The van der Waals surface area contributed by atoms with Gasteiger partial charge < -0.3 is 14.9 Å². The summed E-state index contributed by atoms with van der Waals surface area (Å²) < 4.78 is 5.83. The Morgan fingerprint density at radius 1 is 1.61 bits per heavy atom. The molecule has 1 aromatic heterocycles. The highest BCUT2D eigenvalue weighted by Crippen LogP contribution is 2.15. The van der Waals surface area contributed by atoms with Crippen molar-refractivity contribution in [2.75, 3.05) is 18.5 Å². The van der Waals surface area contributed by atoms with Gasteiger partial charge >= 0.3 is 12.1 Å². The predicted molar refractivity (Wildman–Crippen MR) is 61.4 cm³/mol. The molecule has 1 amide bonds. The summed E-state index contributed by atoms with van der Waals surface area (Å²) in [5, 5.41) is 23.7. The summed E-state index contributed by atoms with van der Waals surface area (Å²) in [6.45, 7) is 3.20. The number of nitrogens with zero attached hydrogens (tertiary/aromatic N) is 2. The maximum absolute atomic E-state index is 11.3. The average molecular weight is 255 g/mol. The summed E-state index contributed by atoms with van der Waals surface area (Å²) in [4.78, 5) is 22.2. The van der Waals surface area contributed by atoms with Gasteiger partial charge in [0.15, 0.2) is 0 Å². The topological polar surface area (TPSA) is 114 Å². The summed E-state index contributed by atoms with van der Waals surface area (Å²) in [7, 11) is 0. The van der Waals surface area contributed by atoms with E-state index >= 15 is 0 Å². The number of nitrogens with one attached hydrogen (secondary N) is 1. The molecule has 0 atom stereocenters. The number of aromatic carboxylic acids is 1. The fourth-order valence-electron chi connectivity index (χ4n) is 1.21. The predicted octanol–water partition coefficient (Wildman–Crippen LogP) is 0.308. The van der Waals surface area contributed by atoms with E-state index in [1.165, 1.54) is 10.8 Å². The van der Waals surface area contributed by atoms with Crippen molar-refractivity contribution in [2.45, 2.75) is 6.54 Å². The Kier molecular flexibility index (Phi) is 4.88. The standard InChI is InChI=1S/C10H13N3O5/c1-2-5-18-10(17)12-8-7(9(15)16)6-11-13(8)3-4-14/h2,6,14H,1,3-5H2,(H,12,17)(H,15,16). The third-order valence-electron chi connectivity index (χ3n) is 1.93. The van der Waals surface area contributed by atoms with Gasteiger partial charge in [0, 0.05) is 0 Å². The number of carboxylic acids is 1. The zero-order valence-electron chi connectivity index (χ0n) is 9.50. The molecular weight excluding hydrogens is 242 g/mol. The molecule has 0 saturated carbocycles. The van der Waals surface area contributed by atoms with Crippen LogP contribution in [-0.4, -0.2) is 45.3 Å². The van der Waals surface area contributed by atoms with Crippen molar-refractivity contribution < 1.29 is 24.5 Å². The van der Waals surface area contributed by atoms with E-state index in [-0.39, 0.29) is 31.1 Å². The van der Waals surface area contributed by atoms with Gasteiger partial charge in [-0.1, -0.05) is 12.7 Å². The smallest absolute Gasteiger partial charge is 0.413 e. The lowest BCUT2D eigenvalue weighted by Gasteiger charge is -2.08. The van der Waals surface area contributed by atoms with Crippen LogP contribution in [0.5, 0.6) is 0 Å². The van der Waals surface area contributed by atoms with Crippen LogP contribution in [0.15, 0.2) is 18.9 Å². The van der Waals surface area contributed by atoms with Crippen molar-refractivity contribution >= 4 is 17.9 Å². The van der Waals surface area contributed by atoms with Crippen molar-refractivity contribution in [3.8, 4) is 0 Å². The molecule has 0 fully saturated rings. The first-order valence-electron chi connectivity index (χ1n) is 5.04. The Bertz CT molecular complexity index is 454. The van der Waals surface area contributed by atoms with Crippen LogP contribution in [0.3, 0.4) is 0 Å². The van der Waals surface area contributed by atoms with Gasteiger partial charge in [-0.25, -0.2) is 14.3 Å². The normalized spacial score (nSPS) is 9.83. The number of hydrogen-bond donors (Lipinski definition) is 3. The number of carbonyl (C=O) groups is 2. The maximum Gasteiger partial charge on any atom is 0.413 e. The number of aliphatic hydroxyl groups excluding tert-OH is 1. The monoisotopic (exact) mass is 255 g/mol. The van der Waals surface area contributed by atoms with Gasteiger partial charge in [-0.05, 0) is 0 Å². The Morgan fingerprint density at radius 3 is 2.89 bits per heavy atom. The lowest BCUT2D eigenvalue weighted by molar-refractivity contribution is 0.0698. The SMILES string of the molecule is C=CCOC(=O)Nc1c(C(=O)O)cnn1CCO. The fraction of sp³-hybridized carbons (Fsp3) is 0.300. The van der Waals surface area contributed by atoms with Crippen molar-refractivity contribution in [3.05, 3.63) is 24.4 Å². The molecule has 0 saturated heterocycles. The van der Waals surface area contributed by atoms with Crippen LogP contribution < -0.4 is 5.32 Å². The summed E-state index contributed by atoms with van der Waals surface area (Å²) in [6.07, 6.45) is 1.64. The molecule has 0 aromatic carbocycles. The summed E-state index contributed by atoms with van der Waals surface area (Å²) in [6, 6.07) is 0. The second-order valence-corrected chi connectivity index (χ2v) is 3.17. The number of carboxylic acid groups (broad SMARTS) is 1. The largest absolute Gasteiger partial charge is 0.477 e. The summed E-state index contributed by atoms with van der Waals surface area (Å²) in [5.41, 5.74) is -0.181. The lowest BCUT2D eigenvalue weighted by Crippen LogP contribution is -2.19. The molecule has 8 heteroatoms. The number of hydrogen-bond acceptors (Lipinski definition) is 5. The third-order valence-corrected chi connectivity index (χ3v) is 1.93. The van der Waals surface area contributed by atoms with E-state index in [1.54, 1.807) is 0 Å². The molecule has 1 rings (SSSR count). The van der Waals surface area contributed by atoms with Gasteiger partial charge in [0.2, 0.25) is 0 Å². The second kappa shape index (κ2) is 6.40. The van der Waals surface area contributed by atoms with Crippen LogP contribution >= 0.6 is 0 Å². The number of rotatable bonds is 6. The van der Waals surface area contributed by atoms with E-state index < -0.39 is 12.1 Å². The number of ether oxygens (including phenoxy) is 1. The molecule has 0 radical (unpaired) electrons. The van der Waals surface area contributed by atoms with E-state index in [4.69, 9.17) is 10.2 Å². The van der Waals surface area contributed by atoms with Crippen molar-refractivity contribution in [1.82, 2.24) is 9.78 Å². The highest BCUT2D eigenvalue weighted by atomic mass is 16.5. The maximum atomic E-state index is 11.3. The molecule has 3 N–H and O–H groups in total. The summed E-state index contributed by atoms with van der Waals surface area (Å²) in [5.74, 6) is -1.27. The molecular formula is C10H13N3O5. The molecule has 18 heavy (non-hydrogen) atoms. The van der Waals surface area contributed by atoms with E-state index in [1.807, 2.05) is 0 Å². The fourth-order valence-corrected chi connectivity index (χ4v) is 1.21. The molecule has 98 valence electrons. The first-order valence-corrected chi connectivity index (χ1v) is 5.04. The van der Waals surface area contributed by atoms with Crippen molar-refractivity contribution in [1.29, 1.82) is 0 Å². The number of aliphatic hydroxyl groups is 1. The number of amides is 1. The molecule has 0 spiro atoms. The van der Waals surface area contributed by atoms with Gasteiger partial charge in [-0.15, -0.1) is 0 Å². The first-order chi connectivity index (χ1) is 8.60. The minimum atomic E-state index is -1.24. The zero-order chi connectivity index (χ0) is 13.5. The third kappa shape index (κ3) is 3.32.